The van der Waals surface area contributed by atoms with E-state index in [-0.39, 0.29) is 0 Å². The number of hydrogen-bond donors (Lipinski definition) is 3. The van der Waals surface area contributed by atoms with Crippen LogP contribution in [0, 0.1) is 0 Å². The van der Waals surface area contributed by atoms with E-state index < -0.39 is 29.1 Å². The Morgan fingerprint density at radius 1 is 1.31 bits per heavy atom. The second-order valence-corrected chi connectivity index (χ2v) is 2.28. The maximum absolute atomic E-state index is 10.5. The fourth-order valence-corrected chi connectivity index (χ4v) is 0.897. The standard InChI is InChI=1S/C6H6N2O5/c1-8-3(6(12)13)4(9)2(7-8)5(10)11/h9H,1H3,(H,10,11)(H,12,13). The fraction of sp³-hybridized carbons (Fsp3) is 0.167. The number of hydrogen-bond acceptors (Lipinski definition) is 4. The molecule has 0 aliphatic rings. The minimum Gasteiger partial charge on any atom is -0.503 e. The van der Waals surface area contributed by atoms with Crippen LogP contribution < -0.4 is 0 Å². The maximum atomic E-state index is 10.5. The lowest BCUT2D eigenvalue weighted by Crippen LogP contribution is -2.05. The molecule has 0 aromatic carbocycles. The number of carbonyl (C=O) groups is 2. The molecule has 1 rings (SSSR count). The molecule has 7 heteroatoms. The zero-order valence-corrected chi connectivity index (χ0v) is 6.55. The van der Waals surface area contributed by atoms with E-state index in [0.29, 0.717) is 0 Å². The van der Waals surface area contributed by atoms with Crippen LogP contribution in [0.4, 0.5) is 0 Å². The molecule has 7 nitrogen and oxygen atoms in total. The summed E-state index contributed by atoms with van der Waals surface area (Å²) in [6.07, 6.45) is 0. The van der Waals surface area contributed by atoms with E-state index in [9.17, 15) is 9.59 Å². The number of carboxylic acids is 2. The van der Waals surface area contributed by atoms with E-state index in [2.05, 4.69) is 5.10 Å². The molecule has 0 bridgehead atoms. The van der Waals surface area contributed by atoms with Gasteiger partial charge in [-0.25, -0.2) is 9.59 Å². The van der Waals surface area contributed by atoms with Gasteiger partial charge in [-0.1, -0.05) is 0 Å². The molecule has 0 saturated heterocycles. The first-order valence-corrected chi connectivity index (χ1v) is 3.17. The molecule has 0 aliphatic heterocycles. The summed E-state index contributed by atoms with van der Waals surface area (Å²) in [6.45, 7) is 0. The van der Waals surface area contributed by atoms with E-state index in [0.717, 1.165) is 4.68 Å². The summed E-state index contributed by atoms with van der Waals surface area (Å²) in [5.74, 6) is -3.73. The van der Waals surface area contributed by atoms with E-state index >= 15 is 0 Å². The van der Waals surface area contributed by atoms with Crippen LogP contribution in [0.3, 0.4) is 0 Å². The number of nitrogens with zero attached hydrogens (tertiary/aromatic N) is 2. The second-order valence-electron chi connectivity index (χ2n) is 2.28. The molecule has 0 amide bonds. The maximum Gasteiger partial charge on any atom is 0.360 e. The Kier molecular flexibility index (Phi) is 1.93. The van der Waals surface area contributed by atoms with Crippen LogP contribution in [0.25, 0.3) is 0 Å². The van der Waals surface area contributed by atoms with Crippen molar-refractivity contribution in [2.75, 3.05) is 0 Å². The first-order valence-electron chi connectivity index (χ1n) is 3.17. The van der Waals surface area contributed by atoms with Crippen LogP contribution in [0.5, 0.6) is 5.75 Å². The molecule has 0 spiro atoms. The summed E-state index contributed by atoms with van der Waals surface area (Å²) in [4.78, 5) is 20.8. The third-order valence-electron chi connectivity index (χ3n) is 1.43. The van der Waals surface area contributed by atoms with Gasteiger partial charge in [-0.05, 0) is 0 Å². The van der Waals surface area contributed by atoms with Crippen LogP contribution in [-0.4, -0.2) is 37.0 Å². The molecule has 1 heterocycles. The van der Waals surface area contributed by atoms with Gasteiger partial charge in [-0.15, -0.1) is 0 Å². The highest BCUT2D eigenvalue weighted by molar-refractivity contribution is 5.96. The average Bonchev–Trinajstić information content (AvgIpc) is 2.26. The van der Waals surface area contributed by atoms with Gasteiger partial charge in [0, 0.05) is 7.05 Å². The van der Waals surface area contributed by atoms with E-state index in [4.69, 9.17) is 15.3 Å². The normalized spacial score (nSPS) is 9.92. The van der Waals surface area contributed by atoms with Gasteiger partial charge in [0.05, 0.1) is 0 Å². The molecule has 1 aromatic rings. The molecule has 70 valence electrons. The van der Waals surface area contributed by atoms with Gasteiger partial charge < -0.3 is 15.3 Å². The number of aromatic hydroxyl groups is 1. The van der Waals surface area contributed by atoms with E-state index in [1.807, 2.05) is 0 Å². The van der Waals surface area contributed by atoms with Crippen molar-refractivity contribution in [3.8, 4) is 5.75 Å². The minimum atomic E-state index is -1.47. The van der Waals surface area contributed by atoms with Gasteiger partial charge in [-0.3, -0.25) is 4.68 Å². The highest BCUT2D eigenvalue weighted by Crippen LogP contribution is 2.20. The molecule has 0 fully saturated rings. The lowest BCUT2D eigenvalue weighted by Gasteiger charge is -1.93. The van der Waals surface area contributed by atoms with E-state index in [1.165, 1.54) is 7.05 Å². The number of carboxylic acid groups (broad SMARTS) is 2. The summed E-state index contributed by atoms with van der Waals surface area (Å²) in [5.41, 5.74) is -1.21. The van der Waals surface area contributed by atoms with E-state index in [1.54, 1.807) is 0 Å². The summed E-state index contributed by atoms with van der Waals surface area (Å²) >= 11 is 0. The van der Waals surface area contributed by atoms with Crippen molar-refractivity contribution >= 4 is 11.9 Å². The largest absolute Gasteiger partial charge is 0.503 e. The van der Waals surface area contributed by atoms with Crippen LogP contribution >= 0.6 is 0 Å². The Bertz CT molecular complexity index is 381. The van der Waals surface area contributed by atoms with Crippen molar-refractivity contribution in [1.29, 1.82) is 0 Å². The minimum absolute atomic E-state index is 0.544. The van der Waals surface area contributed by atoms with Crippen molar-refractivity contribution in [3.05, 3.63) is 11.4 Å². The van der Waals surface area contributed by atoms with Crippen LogP contribution in [0.2, 0.25) is 0 Å². The van der Waals surface area contributed by atoms with Gasteiger partial charge in [0.2, 0.25) is 5.69 Å². The SMILES string of the molecule is Cn1nc(C(=O)O)c(O)c1C(=O)O. The molecule has 3 N–H and O–H groups in total. The number of aromatic carboxylic acids is 2. The van der Waals surface area contributed by atoms with Gasteiger partial charge in [0.15, 0.2) is 11.4 Å². The Labute approximate surface area is 71.8 Å². The molecule has 0 unspecified atom stereocenters. The topological polar surface area (TPSA) is 113 Å². The first-order chi connectivity index (χ1) is 5.95. The Morgan fingerprint density at radius 2 is 1.85 bits per heavy atom. The highest BCUT2D eigenvalue weighted by atomic mass is 16.4. The highest BCUT2D eigenvalue weighted by Gasteiger charge is 2.24. The summed E-state index contributed by atoms with van der Waals surface area (Å²) in [6, 6.07) is 0. The predicted octanol–water partition coefficient (Wildman–Crippen LogP) is -0.478. The molecule has 0 saturated carbocycles. The summed E-state index contributed by atoms with van der Waals surface area (Å²) in [7, 11) is 1.23. The molecular formula is C6H6N2O5. The monoisotopic (exact) mass is 186 g/mol. The van der Waals surface area contributed by atoms with Crippen molar-refractivity contribution in [3.63, 3.8) is 0 Å². The Morgan fingerprint density at radius 3 is 2.08 bits per heavy atom. The smallest absolute Gasteiger partial charge is 0.360 e. The Hall–Kier alpha value is -2.05. The Balaban J connectivity index is 3.39. The molecule has 1 aromatic heterocycles. The number of rotatable bonds is 2. The zero-order valence-electron chi connectivity index (χ0n) is 6.55. The first kappa shape index (κ1) is 9.04. The van der Waals surface area contributed by atoms with Crippen molar-refractivity contribution in [2.24, 2.45) is 7.05 Å². The lowest BCUT2D eigenvalue weighted by atomic mass is 10.3. The van der Waals surface area contributed by atoms with Gasteiger partial charge >= 0.3 is 11.9 Å². The molecular weight excluding hydrogens is 180 g/mol. The molecule has 13 heavy (non-hydrogen) atoms. The molecule has 0 aliphatic carbocycles. The number of aromatic nitrogens is 2. The lowest BCUT2D eigenvalue weighted by molar-refractivity contribution is 0.0677. The molecule has 0 radical (unpaired) electrons. The predicted molar refractivity (Wildman–Crippen MR) is 38.8 cm³/mol. The van der Waals surface area contributed by atoms with Gasteiger partial charge in [-0.2, -0.15) is 5.10 Å². The third-order valence-corrected chi connectivity index (χ3v) is 1.43. The van der Waals surface area contributed by atoms with Crippen LogP contribution in [-0.2, 0) is 7.05 Å². The van der Waals surface area contributed by atoms with Crippen LogP contribution in [0.15, 0.2) is 0 Å². The average molecular weight is 186 g/mol. The van der Waals surface area contributed by atoms with Gasteiger partial charge in [0.1, 0.15) is 0 Å². The fourth-order valence-electron chi connectivity index (χ4n) is 0.897. The van der Waals surface area contributed by atoms with Crippen molar-refractivity contribution in [2.45, 2.75) is 0 Å². The summed E-state index contributed by atoms with van der Waals surface area (Å²) < 4.78 is 0.793. The van der Waals surface area contributed by atoms with Crippen LogP contribution in [0.1, 0.15) is 21.0 Å². The zero-order chi connectivity index (χ0) is 10.2. The summed E-state index contributed by atoms with van der Waals surface area (Å²) in [5, 5.41) is 29.4. The van der Waals surface area contributed by atoms with Crippen molar-refractivity contribution < 1.29 is 24.9 Å². The van der Waals surface area contributed by atoms with Crippen molar-refractivity contribution in [1.82, 2.24) is 9.78 Å². The third kappa shape index (κ3) is 1.31. The quantitative estimate of drug-likeness (QED) is 0.575. The van der Waals surface area contributed by atoms with Gasteiger partial charge in [0.25, 0.3) is 0 Å². The second kappa shape index (κ2) is 2.77. The molecule has 0 atom stereocenters. The number of aryl methyl sites for hydroxylation is 1.